The summed E-state index contributed by atoms with van der Waals surface area (Å²) in [5.74, 6) is 0.705. The van der Waals surface area contributed by atoms with Crippen LogP contribution < -0.4 is 5.32 Å². The summed E-state index contributed by atoms with van der Waals surface area (Å²) in [5.41, 5.74) is -0.242. The second-order valence-electron chi connectivity index (χ2n) is 7.33. The van der Waals surface area contributed by atoms with Crippen LogP contribution >= 0.6 is 11.6 Å². The van der Waals surface area contributed by atoms with Gasteiger partial charge in [0.2, 0.25) is 0 Å². The van der Waals surface area contributed by atoms with Crippen LogP contribution in [0.3, 0.4) is 0 Å². The first-order chi connectivity index (χ1) is 14.9. The number of carbonyl (C=O) groups excluding carboxylic acids is 1. The lowest BCUT2D eigenvalue weighted by Crippen LogP contribution is -2.45. The number of aromatic nitrogens is 4. The third-order valence-electron chi connectivity index (χ3n) is 5.11. The Morgan fingerprint density at radius 1 is 1.32 bits per heavy atom. The highest BCUT2D eigenvalue weighted by atomic mass is 35.5. The number of aliphatic hydroxyl groups is 1. The number of carbonyl (C=O) groups is 1. The molecule has 0 atom stereocenters. The summed E-state index contributed by atoms with van der Waals surface area (Å²) in [5, 5.41) is 15.5. The Balaban J connectivity index is 1.42. The van der Waals surface area contributed by atoms with Gasteiger partial charge in [-0.2, -0.15) is 4.98 Å². The molecule has 0 radical (unpaired) electrons. The molecule has 11 heteroatoms. The Kier molecular flexibility index (Phi) is 5.84. The molecule has 3 aromatic rings. The van der Waals surface area contributed by atoms with Crippen molar-refractivity contribution in [1.29, 1.82) is 0 Å². The average molecular weight is 447 g/mol. The Hall–Kier alpha value is -3.11. The number of aryl methyl sites for hydroxylation is 1. The molecule has 0 unspecified atom stereocenters. The maximum Gasteiger partial charge on any atom is 0.323 e. The van der Waals surface area contributed by atoms with E-state index < -0.39 is 5.67 Å². The van der Waals surface area contributed by atoms with Gasteiger partial charge < -0.3 is 14.5 Å². The van der Waals surface area contributed by atoms with Crippen molar-refractivity contribution in [2.75, 3.05) is 18.4 Å². The number of pyridine rings is 2. The molecule has 2 amide bonds. The number of nitrogens with zero attached hydrogens (tertiary/aromatic N) is 5. The third-order valence-corrected chi connectivity index (χ3v) is 5.40. The highest BCUT2D eigenvalue weighted by molar-refractivity contribution is 6.31. The Bertz CT molecular complexity index is 1080. The van der Waals surface area contributed by atoms with Crippen LogP contribution in [0.2, 0.25) is 5.02 Å². The number of anilines is 1. The van der Waals surface area contributed by atoms with Gasteiger partial charge in [-0.3, -0.25) is 10.3 Å². The monoisotopic (exact) mass is 446 g/mol. The lowest BCUT2D eigenvalue weighted by molar-refractivity contribution is 0.0684. The minimum Gasteiger partial charge on any atom is -0.388 e. The molecule has 3 aromatic heterocycles. The molecule has 0 aliphatic carbocycles. The predicted octanol–water partition coefficient (Wildman–Crippen LogP) is 3.47. The lowest BCUT2D eigenvalue weighted by atomic mass is 9.89. The van der Waals surface area contributed by atoms with Crippen LogP contribution in [0.15, 0.2) is 35.1 Å². The largest absolute Gasteiger partial charge is 0.388 e. The molecule has 2 N–H and O–H groups in total. The van der Waals surface area contributed by atoms with Gasteiger partial charge in [0.05, 0.1) is 16.3 Å². The molecule has 4 rings (SSSR count). The average Bonchev–Trinajstić information content (AvgIpc) is 3.25. The molecule has 4 heterocycles. The summed E-state index contributed by atoms with van der Waals surface area (Å²) >= 11 is 6.32. The first-order valence-corrected chi connectivity index (χ1v) is 10.0. The summed E-state index contributed by atoms with van der Waals surface area (Å²) < 4.78 is 20.7. The number of aliphatic hydroxyl groups excluding tert-OH is 1. The third kappa shape index (κ3) is 4.49. The van der Waals surface area contributed by atoms with E-state index in [0.29, 0.717) is 11.4 Å². The van der Waals surface area contributed by atoms with Crippen LogP contribution in [0, 0.1) is 6.92 Å². The van der Waals surface area contributed by atoms with E-state index in [4.69, 9.17) is 21.2 Å². The van der Waals surface area contributed by atoms with Crippen molar-refractivity contribution in [2.45, 2.75) is 32.0 Å². The van der Waals surface area contributed by atoms with Crippen LogP contribution in [-0.4, -0.2) is 49.2 Å². The van der Waals surface area contributed by atoms with Crippen molar-refractivity contribution in [3.8, 4) is 11.5 Å². The maximum atomic E-state index is 15.7. The van der Waals surface area contributed by atoms with E-state index in [-0.39, 0.29) is 61.0 Å². The molecule has 0 saturated carbocycles. The number of hydrogen-bond donors (Lipinski definition) is 2. The number of alkyl halides is 1. The molecule has 9 nitrogen and oxygen atoms in total. The lowest BCUT2D eigenvalue weighted by Gasteiger charge is -2.36. The zero-order valence-corrected chi connectivity index (χ0v) is 17.4. The van der Waals surface area contributed by atoms with Crippen LogP contribution in [0.1, 0.15) is 29.9 Å². The van der Waals surface area contributed by atoms with Crippen molar-refractivity contribution in [1.82, 2.24) is 25.0 Å². The van der Waals surface area contributed by atoms with E-state index in [0.717, 1.165) is 5.56 Å². The normalized spacial score (nSPS) is 15.7. The van der Waals surface area contributed by atoms with Gasteiger partial charge in [-0.1, -0.05) is 22.8 Å². The summed E-state index contributed by atoms with van der Waals surface area (Å²) in [4.78, 5) is 26.3. The van der Waals surface area contributed by atoms with Gasteiger partial charge in [0.1, 0.15) is 12.4 Å². The van der Waals surface area contributed by atoms with Crippen molar-refractivity contribution in [3.05, 3.63) is 52.7 Å². The van der Waals surface area contributed by atoms with Gasteiger partial charge in [0.25, 0.3) is 5.89 Å². The van der Waals surface area contributed by atoms with Crippen LogP contribution in [0.5, 0.6) is 0 Å². The summed E-state index contributed by atoms with van der Waals surface area (Å²) in [6, 6.07) is 4.74. The van der Waals surface area contributed by atoms with E-state index in [1.165, 1.54) is 17.2 Å². The second kappa shape index (κ2) is 8.56. The quantitative estimate of drug-likeness (QED) is 0.630. The minimum atomic E-state index is -1.76. The SMILES string of the molecule is Cc1ccc(NC(=O)N2CCC(F)(c3ncc(-c4nc(CO)no4)cc3Cl)CC2)nc1. The fraction of sp³-hybridized carbons (Fsp3) is 0.350. The molecule has 31 heavy (non-hydrogen) atoms. The highest BCUT2D eigenvalue weighted by Crippen LogP contribution is 2.40. The van der Waals surface area contributed by atoms with Gasteiger partial charge in [-0.25, -0.2) is 14.2 Å². The number of amides is 2. The van der Waals surface area contributed by atoms with Gasteiger partial charge in [0, 0.05) is 38.3 Å². The minimum absolute atomic E-state index is 0.0586. The van der Waals surface area contributed by atoms with E-state index in [9.17, 15) is 4.79 Å². The fourth-order valence-electron chi connectivity index (χ4n) is 3.35. The highest BCUT2D eigenvalue weighted by Gasteiger charge is 2.40. The molecule has 1 aliphatic heterocycles. The molecule has 0 spiro atoms. The number of nitrogens with one attached hydrogen (secondary N) is 1. The number of piperidine rings is 1. The van der Waals surface area contributed by atoms with E-state index in [1.54, 1.807) is 12.3 Å². The Labute approximate surface area is 182 Å². The first kappa shape index (κ1) is 21.1. The van der Waals surface area contributed by atoms with Crippen molar-refractivity contribution in [2.24, 2.45) is 0 Å². The summed E-state index contributed by atoms with van der Waals surface area (Å²) in [7, 11) is 0. The zero-order chi connectivity index (χ0) is 22.0. The first-order valence-electron chi connectivity index (χ1n) is 9.65. The molecule has 1 aliphatic rings. The van der Waals surface area contributed by atoms with Crippen molar-refractivity contribution < 1.29 is 18.8 Å². The number of likely N-dealkylation sites (tertiary alicyclic amines) is 1. The van der Waals surface area contributed by atoms with E-state index >= 15 is 4.39 Å². The molecular weight excluding hydrogens is 427 g/mol. The molecule has 162 valence electrons. The Morgan fingerprint density at radius 2 is 2.10 bits per heavy atom. The second-order valence-corrected chi connectivity index (χ2v) is 7.74. The Morgan fingerprint density at radius 3 is 2.71 bits per heavy atom. The molecular formula is C20H20ClFN6O3. The predicted molar refractivity (Wildman–Crippen MR) is 110 cm³/mol. The standard InChI is InChI=1S/C20H20ClFN6O3/c1-12-2-3-15(23-9-12)26-19(30)28-6-4-20(22,5-7-28)17-14(21)8-13(10-24-17)18-25-16(11-29)27-31-18/h2-3,8-10,29H,4-7,11H2,1H3,(H,23,26,30). The zero-order valence-electron chi connectivity index (χ0n) is 16.7. The van der Waals surface area contributed by atoms with E-state index in [2.05, 4.69) is 25.4 Å². The van der Waals surface area contributed by atoms with E-state index in [1.807, 2.05) is 13.0 Å². The molecule has 1 saturated heterocycles. The number of rotatable bonds is 4. The maximum absolute atomic E-state index is 15.7. The number of hydrogen-bond acceptors (Lipinski definition) is 7. The van der Waals surface area contributed by atoms with Crippen LogP contribution in [-0.2, 0) is 12.3 Å². The molecule has 0 bridgehead atoms. The number of halogens is 2. The van der Waals surface area contributed by atoms with Crippen molar-refractivity contribution in [3.63, 3.8) is 0 Å². The number of urea groups is 1. The summed E-state index contributed by atoms with van der Waals surface area (Å²) in [6.07, 6.45) is 3.18. The van der Waals surface area contributed by atoms with Gasteiger partial charge in [0.15, 0.2) is 11.5 Å². The van der Waals surface area contributed by atoms with Gasteiger partial charge >= 0.3 is 6.03 Å². The smallest absolute Gasteiger partial charge is 0.323 e. The van der Waals surface area contributed by atoms with Crippen molar-refractivity contribution >= 4 is 23.4 Å². The van der Waals surface area contributed by atoms with Gasteiger partial charge in [-0.05, 0) is 24.6 Å². The fourth-order valence-corrected chi connectivity index (χ4v) is 3.69. The van der Waals surface area contributed by atoms with Crippen LogP contribution in [0.25, 0.3) is 11.5 Å². The van der Waals surface area contributed by atoms with Gasteiger partial charge in [-0.15, -0.1) is 0 Å². The molecule has 1 fully saturated rings. The van der Waals surface area contributed by atoms with Crippen LogP contribution in [0.4, 0.5) is 15.0 Å². The topological polar surface area (TPSA) is 117 Å². The summed E-state index contributed by atoms with van der Waals surface area (Å²) in [6.45, 7) is 1.96. The molecule has 0 aromatic carbocycles.